The van der Waals surface area contributed by atoms with Crippen molar-refractivity contribution in [3.63, 3.8) is 0 Å². The lowest BCUT2D eigenvalue weighted by Crippen LogP contribution is -2.27. The topological polar surface area (TPSA) is 63.5 Å². The van der Waals surface area contributed by atoms with Crippen LogP contribution in [-0.4, -0.2) is 13.1 Å². The summed E-state index contributed by atoms with van der Waals surface area (Å²) in [5.41, 5.74) is 0.667. The number of benzene rings is 1. The molecular weight excluding hydrogens is 312 g/mol. The Hall–Kier alpha value is -2.73. The van der Waals surface area contributed by atoms with E-state index in [9.17, 15) is 4.79 Å². The first kappa shape index (κ1) is 15.2. The van der Waals surface area contributed by atoms with E-state index in [4.69, 9.17) is 9.15 Å². The Balaban J connectivity index is 1.54. The summed E-state index contributed by atoms with van der Waals surface area (Å²) in [6.45, 7) is 0.321. The highest BCUT2D eigenvalue weighted by atomic mass is 32.1. The summed E-state index contributed by atoms with van der Waals surface area (Å²) in [6.07, 6.45) is 0. The number of carbonyl (C=O) groups excluding carboxylic acids is 1. The lowest BCUT2D eigenvalue weighted by Gasteiger charge is -2.07. The van der Waals surface area contributed by atoms with Crippen LogP contribution in [-0.2, 0) is 6.54 Å². The van der Waals surface area contributed by atoms with Gasteiger partial charge >= 0.3 is 6.03 Å². The van der Waals surface area contributed by atoms with E-state index in [1.165, 1.54) is 0 Å². The molecule has 0 saturated carbocycles. The predicted octanol–water partition coefficient (Wildman–Crippen LogP) is 4.34. The van der Waals surface area contributed by atoms with Crippen LogP contribution in [0, 0.1) is 0 Å². The monoisotopic (exact) mass is 328 g/mol. The lowest BCUT2D eigenvalue weighted by molar-refractivity contribution is 0.251. The number of hydrogen-bond acceptors (Lipinski definition) is 4. The highest BCUT2D eigenvalue weighted by Gasteiger charge is 2.07. The van der Waals surface area contributed by atoms with Crippen LogP contribution < -0.4 is 15.4 Å². The maximum atomic E-state index is 11.9. The van der Waals surface area contributed by atoms with Crippen LogP contribution in [0.15, 0.2) is 58.3 Å². The standard InChI is InChI=1S/C17H16N2O3S/c1-21-13-5-2-4-12(10-13)19-17(20)18-11-14-7-8-15(22-14)16-6-3-9-23-16/h2-10H,11H2,1H3,(H2,18,19,20). The van der Waals surface area contributed by atoms with Crippen molar-refractivity contribution in [2.45, 2.75) is 6.54 Å². The summed E-state index contributed by atoms with van der Waals surface area (Å²) in [5, 5.41) is 7.51. The number of thiophene rings is 1. The molecule has 0 spiro atoms. The highest BCUT2D eigenvalue weighted by Crippen LogP contribution is 2.26. The van der Waals surface area contributed by atoms with Crippen LogP contribution >= 0.6 is 11.3 Å². The minimum absolute atomic E-state index is 0.299. The van der Waals surface area contributed by atoms with Crippen molar-refractivity contribution in [1.29, 1.82) is 0 Å². The molecule has 0 aliphatic carbocycles. The molecule has 0 bridgehead atoms. The molecule has 118 valence electrons. The second-order valence-corrected chi connectivity index (χ2v) is 5.73. The molecular formula is C17H16N2O3S. The molecule has 3 rings (SSSR count). The molecule has 2 N–H and O–H groups in total. The fourth-order valence-corrected chi connectivity index (χ4v) is 2.75. The number of anilines is 1. The van der Waals surface area contributed by atoms with Gasteiger partial charge in [-0.15, -0.1) is 11.3 Å². The fraction of sp³-hybridized carbons (Fsp3) is 0.118. The van der Waals surface area contributed by atoms with Gasteiger partial charge in [0, 0.05) is 11.8 Å². The van der Waals surface area contributed by atoms with Crippen LogP contribution in [0.2, 0.25) is 0 Å². The van der Waals surface area contributed by atoms with Crippen LogP contribution in [0.1, 0.15) is 5.76 Å². The van der Waals surface area contributed by atoms with E-state index in [0.29, 0.717) is 23.7 Å². The Kier molecular flexibility index (Phi) is 4.63. The number of ether oxygens (including phenoxy) is 1. The van der Waals surface area contributed by atoms with Crippen molar-refractivity contribution >= 4 is 23.1 Å². The number of furan rings is 1. The molecule has 2 aromatic heterocycles. The zero-order valence-electron chi connectivity index (χ0n) is 12.5. The molecule has 3 aromatic rings. The molecule has 23 heavy (non-hydrogen) atoms. The molecule has 0 aliphatic rings. The quantitative estimate of drug-likeness (QED) is 0.732. The smallest absolute Gasteiger partial charge is 0.319 e. The number of rotatable bonds is 5. The van der Waals surface area contributed by atoms with Crippen molar-refractivity contribution in [1.82, 2.24) is 5.32 Å². The van der Waals surface area contributed by atoms with E-state index in [-0.39, 0.29) is 6.03 Å². The third-order valence-electron chi connectivity index (χ3n) is 3.18. The minimum atomic E-state index is -0.299. The van der Waals surface area contributed by atoms with Gasteiger partial charge in [-0.05, 0) is 35.7 Å². The molecule has 0 atom stereocenters. The summed E-state index contributed by atoms with van der Waals surface area (Å²) in [5.74, 6) is 2.20. The molecule has 5 nitrogen and oxygen atoms in total. The van der Waals surface area contributed by atoms with Gasteiger partial charge in [-0.1, -0.05) is 12.1 Å². The second-order valence-electron chi connectivity index (χ2n) is 4.78. The summed E-state index contributed by atoms with van der Waals surface area (Å²) in [6, 6.07) is 14.6. The molecule has 6 heteroatoms. The van der Waals surface area contributed by atoms with Gasteiger partial charge in [-0.25, -0.2) is 4.79 Å². The first-order valence-electron chi connectivity index (χ1n) is 7.06. The first-order valence-corrected chi connectivity index (χ1v) is 7.94. The summed E-state index contributed by atoms with van der Waals surface area (Å²) in [4.78, 5) is 13.0. The maximum absolute atomic E-state index is 11.9. The van der Waals surface area contributed by atoms with Gasteiger partial charge in [-0.2, -0.15) is 0 Å². The number of hydrogen-bond donors (Lipinski definition) is 2. The molecule has 0 aliphatic heterocycles. The number of nitrogens with one attached hydrogen (secondary N) is 2. The molecule has 0 saturated heterocycles. The number of carbonyl (C=O) groups is 1. The van der Waals surface area contributed by atoms with Crippen molar-refractivity contribution < 1.29 is 13.9 Å². The number of methoxy groups -OCH3 is 1. The largest absolute Gasteiger partial charge is 0.497 e. The highest BCUT2D eigenvalue weighted by molar-refractivity contribution is 7.13. The normalized spacial score (nSPS) is 10.3. The Morgan fingerprint density at radius 3 is 2.91 bits per heavy atom. The molecule has 1 aromatic carbocycles. The van der Waals surface area contributed by atoms with Crippen LogP contribution in [0.5, 0.6) is 5.75 Å². The van der Waals surface area contributed by atoms with Crippen LogP contribution in [0.25, 0.3) is 10.6 Å². The third-order valence-corrected chi connectivity index (χ3v) is 4.06. The van der Waals surface area contributed by atoms with Gasteiger partial charge in [0.25, 0.3) is 0 Å². The maximum Gasteiger partial charge on any atom is 0.319 e. The Morgan fingerprint density at radius 1 is 1.22 bits per heavy atom. The average Bonchev–Trinajstić information content (AvgIpc) is 3.24. The van der Waals surface area contributed by atoms with Gasteiger partial charge in [0.1, 0.15) is 17.3 Å². The second kappa shape index (κ2) is 7.02. The van der Waals surface area contributed by atoms with E-state index in [1.807, 2.05) is 41.8 Å². The van der Waals surface area contributed by atoms with Gasteiger partial charge in [0.2, 0.25) is 0 Å². The molecule has 2 heterocycles. The summed E-state index contributed by atoms with van der Waals surface area (Å²) < 4.78 is 10.8. The van der Waals surface area contributed by atoms with Crippen LogP contribution in [0.4, 0.5) is 10.5 Å². The predicted molar refractivity (Wildman–Crippen MR) is 90.9 cm³/mol. The number of urea groups is 1. The molecule has 0 radical (unpaired) electrons. The Morgan fingerprint density at radius 2 is 2.13 bits per heavy atom. The van der Waals surface area contributed by atoms with Gasteiger partial charge in [-0.3, -0.25) is 0 Å². The summed E-state index contributed by atoms with van der Waals surface area (Å²) in [7, 11) is 1.58. The third kappa shape index (κ3) is 3.92. The van der Waals surface area contributed by atoms with Gasteiger partial charge in [0.15, 0.2) is 0 Å². The van der Waals surface area contributed by atoms with Crippen molar-refractivity contribution in [2.24, 2.45) is 0 Å². The lowest BCUT2D eigenvalue weighted by atomic mass is 10.3. The summed E-state index contributed by atoms with van der Waals surface area (Å²) >= 11 is 1.61. The zero-order valence-corrected chi connectivity index (χ0v) is 13.4. The van der Waals surface area contributed by atoms with E-state index in [1.54, 1.807) is 30.6 Å². The van der Waals surface area contributed by atoms with E-state index in [0.717, 1.165) is 10.6 Å². The van der Waals surface area contributed by atoms with Gasteiger partial charge < -0.3 is 19.8 Å². The molecule has 2 amide bonds. The van der Waals surface area contributed by atoms with Crippen molar-refractivity contribution in [3.8, 4) is 16.4 Å². The minimum Gasteiger partial charge on any atom is -0.497 e. The van der Waals surface area contributed by atoms with E-state index < -0.39 is 0 Å². The van der Waals surface area contributed by atoms with E-state index in [2.05, 4.69) is 10.6 Å². The fourth-order valence-electron chi connectivity index (χ4n) is 2.07. The average molecular weight is 328 g/mol. The van der Waals surface area contributed by atoms with Crippen LogP contribution in [0.3, 0.4) is 0 Å². The van der Waals surface area contributed by atoms with E-state index >= 15 is 0 Å². The molecule has 0 unspecified atom stereocenters. The Labute approximate surface area is 137 Å². The Bertz CT molecular complexity index is 781. The zero-order chi connectivity index (χ0) is 16.1. The van der Waals surface area contributed by atoms with Gasteiger partial charge in [0.05, 0.1) is 18.5 Å². The SMILES string of the molecule is COc1cccc(NC(=O)NCc2ccc(-c3cccs3)o2)c1. The van der Waals surface area contributed by atoms with Crippen molar-refractivity contribution in [2.75, 3.05) is 12.4 Å². The first-order chi connectivity index (χ1) is 11.2. The molecule has 0 fully saturated rings. The number of amides is 2. The van der Waals surface area contributed by atoms with Crippen molar-refractivity contribution in [3.05, 3.63) is 59.7 Å².